The van der Waals surface area contributed by atoms with Crippen LogP contribution in [0, 0.1) is 6.92 Å². The molecule has 0 aliphatic rings. The van der Waals surface area contributed by atoms with Crippen LogP contribution in [-0.2, 0) is 14.9 Å². The molecule has 0 saturated heterocycles. The number of nitrogens with zero attached hydrogens (tertiary/aromatic N) is 1. The predicted octanol–water partition coefficient (Wildman–Crippen LogP) is 3.59. The molecule has 0 unspecified atom stereocenters. The summed E-state index contributed by atoms with van der Waals surface area (Å²) in [6, 6.07) is 11.3. The number of carbonyl (C=O) groups excluding carboxylic acids is 1. The van der Waals surface area contributed by atoms with E-state index in [1.165, 1.54) is 38.6 Å². The van der Waals surface area contributed by atoms with Gasteiger partial charge in [0.25, 0.3) is 0 Å². The third kappa shape index (κ3) is 3.22. The molecule has 1 N–H and O–H groups in total. The molecule has 4 aromatic rings. The van der Waals surface area contributed by atoms with E-state index in [2.05, 4.69) is 9.97 Å². The maximum absolute atomic E-state index is 12.8. The largest absolute Gasteiger partial charge is 0.494 e. The van der Waals surface area contributed by atoms with Crippen molar-refractivity contribution in [1.29, 1.82) is 0 Å². The van der Waals surface area contributed by atoms with Crippen molar-refractivity contribution in [2.24, 2.45) is 0 Å². The number of hydrogen-bond acceptors (Lipinski definition) is 7. The molecule has 0 fully saturated rings. The molecule has 0 amide bonds. The van der Waals surface area contributed by atoms with E-state index in [1.807, 2.05) is 6.92 Å². The first-order valence-electron chi connectivity index (χ1n) is 8.92. The molecular weight excluding hydrogens is 408 g/mol. The minimum Gasteiger partial charge on any atom is -0.494 e. The lowest BCUT2D eigenvalue weighted by Crippen LogP contribution is -2.10. The summed E-state index contributed by atoms with van der Waals surface area (Å²) < 4.78 is 41.2. The van der Waals surface area contributed by atoms with Gasteiger partial charge in [-0.05, 0) is 25.1 Å². The number of fused-ring (bicyclic) bond motifs is 3. The molecule has 30 heavy (non-hydrogen) atoms. The van der Waals surface area contributed by atoms with E-state index in [1.54, 1.807) is 24.3 Å². The molecule has 0 spiro atoms. The van der Waals surface area contributed by atoms with Crippen LogP contribution in [-0.4, -0.2) is 38.6 Å². The number of benzene rings is 2. The van der Waals surface area contributed by atoms with Gasteiger partial charge in [-0.1, -0.05) is 29.8 Å². The minimum absolute atomic E-state index is 0.0377. The van der Waals surface area contributed by atoms with E-state index in [4.69, 9.17) is 13.7 Å². The number of methoxy groups -OCH3 is 2. The number of carbonyl (C=O) groups is 1. The lowest BCUT2D eigenvalue weighted by atomic mass is 10.1. The highest BCUT2D eigenvalue weighted by atomic mass is 32.2. The highest BCUT2D eigenvalue weighted by molar-refractivity contribution is 7.87. The summed E-state index contributed by atoms with van der Waals surface area (Å²) in [5, 5.41) is 1.19. The zero-order valence-corrected chi connectivity index (χ0v) is 17.2. The van der Waals surface area contributed by atoms with Crippen LogP contribution in [0.1, 0.15) is 16.1 Å². The van der Waals surface area contributed by atoms with Crippen molar-refractivity contribution < 1.29 is 26.9 Å². The topological polar surface area (TPSA) is 108 Å². The average molecular weight is 426 g/mol. The monoisotopic (exact) mass is 426 g/mol. The molecule has 0 aliphatic carbocycles. The molecule has 0 radical (unpaired) electrons. The van der Waals surface area contributed by atoms with Crippen LogP contribution in [0.5, 0.6) is 11.5 Å². The SMILES string of the molecule is COC(=O)c1ncc(OC)c2c1[nH]c1c(OS(=O)(=O)c3ccc(C)cc3)cccc12. The lowest BCUT2D eigenvalue weighted by Gasteiger charge is -2.08. The van der Waals surface area contributed by atoms with Crippen molar-refractivity contribution in [2.75, 3.05) is 14.2 Å². The zero-order chi connectivity index (χ0) is 21.5. The fourth-order valence-electron chi connectivity index (χ4n) is 3.22. The van der Waals surface area contributed by atoms with Gasteiger partial charge >= 0.3 is 16.1 Å². The van der Waals surface area contributed by atoms with Gasteiger partial charge in [-0.2, -0.15) is 8.42 Å². The van der Waals surface area contributed by atoms with Crippen molar-refractivity contribution in [2.45, 2.75) is 11.8 Å². The Morgan fingerprint density at radius 1 is 1.00 bits per heavy atom. The molecule has 0 bridgehead atoms. The highest BCUT2D eigenvalue weighted by Gasteiger charge is 2.23. The van der Waals surface area contributed by atoms with Gasteiger partial charge in [0.2, 0.25) is 0 Å². The second-order valence-electron chi connectivity index (χ2n) is 6.57. The second-order valence-corrected chi connectivity index (χ2v) is 8.12. The smallest absolute Gasteiger partial charge is 0.358 e. The molecule has 0 aliphatic heterocycles. The number of pyridine rings is 1. The number of hydrogen-bond donors (Lipinski definition) is 1. The van der Waals surface area contributed by atoms with E-state index < -0.39 is 16.1 Å². The molecule has 0 atom stereocenters. The fraction of sp³-hybridized carbons (Fsp3) is 0.143. The number of ether oxygens (including phenoxy) is 2. The summed E-state index contributed by atoms with van der Waals surface area (Å²) in [7, 11) is -1.33. The number of esters is 1. The van der Waals surface area contributed by atoms with Crippen LogP contribution in [0.25, 0.3) is 21.8 Å². The van der Waals surface area contributed by atoms with Crippen molar-refractivity contribution in [3.63, 3.8) is 0 Å². The third-order valence-corrected chi connectivity index (χ3v) is 5.95. The summed E-state index contributed by atoms with van der Waals surface area (Å²) in [5.41, 5.74) is 1.73. The van der Waals surface area contributed by atoms with E-state index in [9.17, 15) is 13.2 Å². The van der Waals surface area contributed by atoms with Gasteiger partial charge in [-0.3, -0.25) is 0 Å². The first-order chi connectivity index (χ1) is 14.4. The number of aryl methyl sites for hydroxylation is 1. The quantitative estimate of drug-likeness (QED) is 0.384. The standard InChI is InChI=1S/C21H18N2O6S/c1-12-7-9-13(10-8-12)30(25,26)29-15-6-4-5-14-17-16(27-2)11-22-20(21(24)28-3)19(17)23-18(14)15/h4-11,23H,1-3H3. The Bertz CT molecular complexity index is 1370. The van der Waals surface area contributed by atoms with Gasteiger partial charge < -0.3 is 18.6 Å². The Morgan fingerprint density at radius 3 is 2.40 bits per heavy atom. The van der Waals surface area contributed by atoms with Crippen LogP contribution >= 0.6 is 0 Å². The van der Waals surface area contributed by atoms with Gasteiger partial charge in [0, 0.05) is 5.39 Å². The number of H-pyrrole nitrogens is 1. The van der Waals surface area contributed by atoms with E-state index in [-0.39, 0.29) is 16.3 Å². The molecule has 2 aromatic carbocycles. The molecule has 2 heterocycles. The van der Waals surface area contributed by atoms with E-state index in [0.29, 0.717) is 27.6 Å². The summed E-state index contributed by atoms with van der Waals surface area (Å²) in [6.45, 7) is 1.86. The zero-order valence-electron chi connectivity index (χ0n) is 16.4. The lowest BCUT2D eigenvalue weighted by molar-refractivity contribution is 0.0596. The highest BCUT2D eigenvalue weighted by Crippen LogP contribution is 2.38. The van der Waals surface area contributed by atoms with Gasteiger partial charge in [0.1, 0.15) is 10.6 Å². The first-order valence-corrected chi connectivity index (χ1v) is 10.3. The molecule has 4 rings (SSSR count). The summed E-state index contributed by atoms with van der Waals surface area (Å²) in [4.78, 5) is 19.4. The van der Waals surface area contributed by atoms with Gasteiger partial charge in [-0.15, -0.1) is 0 Å². The van der Waals surface area contributed by atoms with Crippen LogP contribution in [0.3, 0.4) is 0 Å². The van der Waals surface area contributed by atoms with Crippen molar-refractivity contribution >= 4 is 37.9 Å². The minimum atomic E-state index is -4.06. The van der Waals surface area contributed by atoms with Crippen molar-refractivity contribution in [3.8, 4) is 11.5 Å². The van der Waals surface area contributed by atoms with Gasteiger partial charge in [-0.25, -0.2) is 9.78 Å². The summed E-state index contributed by atoms with van der Waals surface area (Å²) >= 11 is 0. The Labute approximate surface area is 172 Å². The molecule has 154 valence electrons. The molecule has 9 heteroatoms. The number of nitrogens with one attached hydrogen (secondary N) is 1. The number of aromatic nitrogens is 2. The van der Waals surface area contributed by atoms with Crippen molar-refractivity contribution in [3.05, 3.63) is 59.9 Å². The Balaban J connectivity index is 1.92. The molecular formula is C21H18N2O6S. The van der Waals surface area contributed by atoms with Crippen molar-refractivity contribution in [1.82, 2.24) is 9.97 Å². The van der Waals surface area contributed by atoms with Crippen LogP contribution in [0.4, 0.5) is 0 Å². The van der Waals surface area contributed by atoms with Crippen LogP contribution < -0.4 is 8.92 Å². The predicted molar refractivity (Wildman–Crippen MR) is 110 cm³/mol. The maximum atomic E-state index is 12.8. The number of aromatic amines is 1. The molecule has 0 saturated carbocycles. The third-order valence-electron chi connectivity index (χ3n) is 4.70. The Morgan fingerprint density at radius 2 is 1.73 bits per heavy atom. The first kappa shape index (κ1) is 19.7. The van der Waals surface area contributed by atoms with Gasteiger partial charge in [0.15, 0.2) is 11.4 Å². The van der Waals surface area contributed by atoms with Crippen LogP contribution in [0.2, 0.25) is 0 Å². The maximum Gasteiger partial charge on any atom is 0.358 e. The average Bonchev–Trinajstić information content (AvgIpc) is 3.13. The van der Waals surface area contributed by atoms with Crippen LogP contribution in [0.15, 0.2) is 53.6 Å². The number of rotatable bonds is 5. The Kier molecular flexibility index (Phi) is 4.83. The van der Waals surface area contributed by atoms with E-state index in [0.717, 1.165) is 5.56 Å². The Hall–Kier alpha value is -3.59. The second kappa shape index (κ2) is 7.34. The number of para-hydroxylation sites is 1. The normalized spacial score (nSPS) is 11.6. The fourth-order valence-corrected chi connectivity index (χ4v) is 4.16. The summed E-state index contributed by atoms with van der Waals surface area (Å²) in [6.07, 6.45) is 1.42. The van der Waals surface area contributed by atoms with E-state index >= 15 is 0 Å². The molecule has 8 nitrogen and oxygen atoms in total. The molecule has 2 aromatic heterocycles. The van der Waals surface area contributed by atoms with Gasteiger partial charge in [0.05, 0.1) is 36.8 Å². The summed E-state index contributed by atoms with van der Waals surface area (Å²) in [5.74, 6) is -0.131.